The lowest BCUT2D eigenvalue weighted by Gasteiger charge is -2.13. The SMILES string of the molecule is CCCCNC(=O)OCC(C)COC(=O)NCCCC. The molecule has 0 rings (SSSR count). The molecule has 0 saturated carbocycles. The molecule has 6 heteroatoms. The Morgan fingerprint density at radius 1 is 0.900 bits per heavy atom. The Morgan fingerprint density at radius 2 is 1.30 bits per heavy atom. The maximum atomic E-state index is 11.3. The fourth-order valence-electron chi connectivity index (χ4n) is 1.32. The number of ether oxygens (including phenoxy) is 2. The second-order valence-corrected chi connectivity index (χ2v) is 4.86. The summed E-state index contributed by atoms with van der Waals surface area (Å²) < 4.78 is 10.0. The zero-order valence-corrected chi connectivity index (χ0v) is 12.9. The number of carbonyl (C=O) groups is 2. The van der Waals surface area contributed by atoms with Crippen molar-refractivity contribution in [1.82, 2.24) is 10.6 Å². The summed E-state index contributed by atoms with van der Waals surface area (Å²) in [6, 6.07) is 0. The molecule has 0 aromatic rings. The lowest BCUT2D eigenvalue weighted by molar-refractivity contribution is 0.0913. The Labute approximate surface area is 121 Å². The largest absolute Gasteiger partial charge is 0.449 e. The molecule has 0 bridgehead atoms. The molecule has 0 heterocycles. The van der Waals surface area contributed by atoms with E-state index in [4.69, 9.17) is 9.47 Å². The second-order valence-electron chi connectivity index (χ2n) is 4.86. The van der Waals surface area contributed by atoms with E-state index < -0.39 is 12.2 Å². The zero-order valence-electron chi connectivity index (χ0n) is 12.9. The van der Waals surface area contributed by atoms with Crippen LogP contribution >= 0.6 is 0 Å². The van der Waals surface area contributed by atoms with Crippen LogP contribution in [-0.4, -0.2) is 38.5 Å². The Balaban J connectivity index is 3.55. The third-order valence-electron chi connectivity index (χ3n) is 2.60. The van der Waals surface area contributed by atoms with Crippen molar-refractivity contribution in [2.75, 3.05) is 26.3 Å². The lowest BCUT2D eigenvalue weighted by atomic mass is 10.2. The first-order chi connectivity index (χ1) is 9.60. The smallest absolute Gasteiger partial charge is 0.407 e. The van der Waals surface area contributed by atoms with Crippen molar-refractivity contribution in [3.63, 3.8) is 0 Å². The highest BCUT2D eigenvalue weighted by Crippen LogP contribution is 1.98. The summed E-state index contributed by atoms with van der Waals surface area (Å²) in [4.78, 5) is 22.6. The van der Waals surface area contributed by atoms with E-state index in [0.29, 0.717) is 13.1 Å². The summed E-state index contributed by atoms with van der Waals surface area (Å²) >= 11 is 0. The third kappa shape index (κ3) is 11.6. The van der Waals surface area contributed by atoms with E-state index in [0.717, 1.165) is 25.7 Å². The van der Waals surface area contributed by atoms with E-state index in [9.17, 15) is 9.59 Å². The molecule has 0 atom stereocenters. The Kier molecular flexibility index (Phi) is 11.7. The van der Waals surface area contributed by atoms with Gasteiger partial charge in [0.2, 0.25) is 0 Å². The van der Waals surface area contributed by atoms with Gasteiger partial charge < -0.3 is 20.1 Å². The average Bonchev–Trinajstić information content (AvgIpc) is 2.43. The van der Waals surface area contributed by atoms with Gasteiger partial charge in [-0.1, -0.05) is 33.6 Å². The fraction of sp³-hybridized carbons (Fsp3) is 0.857. The van der Waals surface area contributed by atoms with Crippen LogP contribution in [0.25, 0.3) is 0 Å². The molecule has 0 radical (unpaired) electrons. The Bertz CT molecular complexity index is 246. The number of unbranched alkanes of at least 4 members (excludes halogenated alkanes) is 2. The molecule has 0 aliphatic rings. The van der Waals surface area contributed by atoms with Gasteiger partial charge in [0.15, 0.2) is 0 Å². The number of hydrogen-bond acceptors (Lipinski definition) is 4. The summed E-state index contributed by atoms with van der Waals surface area (Å²) in [7, 11) is 0. The van der Waals surface area contributed by atoms with Crippen LogP contribution in [0.4, 0.5) is 9.59 Å². The van der Waals surface area contributed by atoms with Crippen LogP contribution in [0.15, 0.2) is 0 Å². The highest BCUT2D eigenvalue weighted by atomic mass is 16.6. The molecule has 20 heavy (non-hydrogen) atoms. The minimum Gasteiger partial charge on any atom is -0.449 e. The van der Waals surface area contributed by atoms with Gasteiger partial charge in [-0.3, -0.25) is 0 Å². The van der Waals surface area contributed by atoms with E-state index in [1.165, 1.54) is 0 Å². The number of rotatable bonds is 10. The van der Waals surface area contributed by atoms with Gasteiger partial charge in [-0.05, 0) is 12.8 Å². The molecule has 0 spiro atoms. The minimum atomic E-state index is -0.419. The molecule has 0 fully saturated rings. The van der Waals surface area contributed by atoms with Crippen molar-refractivity contribution in [2.45, 2.75) is 46.5 Å². The fourth-order valence-corrected chi connectivity index (χ4v) is 1.32. The molecule has 118 valence electrons. The third-order valence-corrected chi connectivity index (χ3v) is 2.60. The van der Waals surface area contributed by atoms with Crippen molar-refractivity contribution < 1.29 is 19.1 Å². The highest BCUT2D eigenvalue weighted by Gasteiger charge is 2.09. The van der Waals surface area contributed by atoms with Crippen molar-refractivity contribution in [3.8, 4) is 0 Å². The zero-order chi connectivity index (χ0) is 15.2. The molecular weight excluding hydrogens is 260 g/mol. The molecular formula is C14H28N2O4. The van der Waals surface area contributed by atoms with Gasteiger partial charge in [0.05, 0.1) is 13.2 Å². The average molecular weight is 288 g/mol. The molecule has 0 aliphatic carbocycles. The topological polar surface area (TPSA) is 76.7 Å². The second kappa shape index (κ2) is 12.6. The molecule has 0 saturated heterocycles. The van der Waals surface area contributed by atoms with E-state index in [1.54, 1.807) is 0 Å². The van der Waals surface area contributed by atoms with Gasteiger partial charge in [-0.25, -0.2) is 9.59 Å². The predicted octanol–water partition coefficient (Wildman–Crippen LogP) is 2.68. The first kappa shape index (κ1) is 18.5. The monoisotopic (exact) mass is 288 g/mol. The summed E-state index contributed by atoms with van der Waals surface area (Å²) in [5.74, 6) is -0.0242. The van der Waals surface area contributed by atoms with Gasteiger partial charge in [-0.2, -0.15) is 0 Å². The van der Waals surface area contributed by atoms with Gasteiger partial charge in [0.25, 0.3) is 0 Å². The predicted molar refractivity (Wildman–Crippen MR) is 77.7 cm³/mol. The molecule has 0 aromatic carbocycles. The Morgan fingerprint density at radius 3 is 1.65 bits per heavy atom. The van der Waals surface area contributed by atoms with Crippen molar-refractivity contribution in [1.29, 1.82) is 0 Å². The van der Waals surface area contributed by atoms with Crippen molar-refractivity contribution in [3.05, 3.63) is 0 Å². The van der Waals surface area contributed by atoms with Gasteiger partial charge >= 0.3 is 12.2 Å². The molecule has 6 nitrogen and oxygen atoms in total. The number of nitrogens with one attached hydrogen (secondary N) is 2. The normalized spacial score (nSPS) is 10.2. The van der Waals surface area contributed by atoms with E-state index in [-0.39, 0.29) is 19.1 Å². The Hall–Kier alpha value is -1.46. The van der Waals surface area contributed by atoms with E-state index >= 15 is 0 Å². The molecule has 2 N–H and O–H groups in total. The van der Waals surface area contributed by atoms with E-state index in [1.807, 2.05) is 6.92 Å². The molecule has 0 aromatic heterocycles. The lowest BCUT2D eigenvalue weighted by Crippen LogP contribution is -2.30. The van der Waals surface area contributed by atoms with E-state index in [2.05, 4.69) is 24.5 Å². The molecule has 2 amide bonds. The van der Waals surface area contributed by atoms with Crippen molar-refractivity contribution in [2.24, 2.45) is 5.92 Å². The number of alkyl carbamates (subject to hydrolysis) is 2. The van der Waals surface area contributed by atoms with Crippen LogP contribution in [0, 0.1) is 5.92 Å². The first-order valence-corrected chi connectivity index (χ1v) is 7.41. The minimum absolute atomic E-state index is 0.0242. The summed E-state index contributed by atoms with van der Waals surface area (Å²) in [5.41, 5.74) is 0. The number of hydrogen-bond donors (Lipinski definition) is 2. The molecule has 0 unspecified atom stereocenters. The van der Waals surface area contributed by atoms with Crippen LogP contribution < -0.4 is 10.6 Å². The quantitative estimate of drug-likeness (QED) is 0.606. The maximum Gasteiger partial charge on any atom is 0.407 e. The maximum absolute atomic E-state index is 11.3. The van der Waals surface area contributed by atoms with Gasteiger partial charge in [-0.15, -0.1) is 0 Å². The summed E-state index contributed by atoms with van der Waals surface area (Å²) in [6.07, 6.45) is 3.09. The van der Waals surface area contributed by atoms with Crippen LogP contribution in [0.3, 0.4) is 0 Å². The van der Waals surface area contributed by atoms with Crippen LogP contribution in [0.1, 0.15) is 46.5 Å². The molecule has 0 aliphatic heterocycles. The first-order valence-electron chi connectivity index (χ1n) is 7.41. The van der Waals surface area contributed by atoms with Gasteiger partial charge in [0, 0.05) is 19.0 Å². The van der Waals surface area contributed by atoms with Crippen LogP contribution in [0.5, 0.6) is 0 Å². The number of amides is 2. The number of carbonyl (C=O) groups excluding carboxylic acids is 2. The van der Waals surface area contributed by atoms with Crippen LogP contribution in [0.2, 0.25) is 0 Å². The highest BCUT2D eigenvalue weighted by molar-refractivity contribution is 5.67. The van der Waals surface area contributed by atoms with Gasteiger partial charge in [0.1, 0.15) is 0 Å². The summed E-state index contributed by atoms with van der Waals surface area (Å²) in [5, 5.41) is 5.31. The van der Waals surface area contributed by atoms with Crippen molar-refractivity contribution >= 4 is 12.2 Å². The van der Waals surface area contributed by atoms with Crippen LogP contribution in [-0.2, 0) is 9.47 Å². The summed E-state index contributed by atoms with van der Waals surface area (Å²) in [6.45, 7) is 7.69. The standard InChI is InChI=1S/C14H28N2O4/c1-4-6-8-15-13(17)19-10-12(3)11-20-14(18)16-9-7-5-2/h12H,4-11H2,1-3H3,(H,15,17)(H,16,18).